The highest BCUT2D eigenvalue weighted by atomic mass is 16.6. The van der Waals surface area contributed by atoms with Crippen molar-refractivity contribution in [1.29, 1.82) is 0 Å². The fourth-order valence-electron chi connectivity index (χ4n) is 2.47. The highest BCUT2D eigenvalue weighted by molar-refractivity contribution is 5.84. The lowest BCUT2D eigenvalue weighted by molar-refractivity contribution is -0.126. The Morgan fingerprint density at radius 3 is 2.65 bits per heavy atom. The second kappa shape index (κ2) is 7.35. The Balaban J connectivity index is 1.35. The molecule has 2 amide bonds. The zero-order valence-electron chi connectivity index (χ0n) is 13.1. The Morgan fingerprint density at radius 2 is 1.87 bits per heavy atom. The first kappa shape index (κ1) is 15.6. The molecule has 1 aromatic rings. The molecule has 1 aliphatic carbocycles. The summed E-state index contributed by atoms with van der Waals surface area (Å²) in [6, 6.07) is 6.20. The van der Waals surface area contributed by atoms with Crippen molar-refractivity contribution in [3.05, 3.63) is 23.8 Å². The number of nitrogens with one attached hydrogen (secondary N) is 2. The quantitative estimate of drug-likeness (QED) is 0.791. The van der Waals surface area contributed by atoms with Gasteiger partial charge >= 0.3 is 0 Å². The maximum Gasteiger partial charge on any atom is 0.239 e. The van der Waals surface area contributed by atoms with E-state index in [9.17, 15) is 9.59 Å². The minimum absolute atomic E-state index is 0.0688. The highest BCUT2D eigenvalue weighted by Gasteiger charge is 2.23. The number of hydrogen-bond donors (Lipinski definition) is 2. The minimum atomic E-state index is -0.104. The molecule has 6 nitrogen and oxygen atoms in total. The van der Waals surface area contributed by atoms with Gasteiger partial charge in [0.2, 0.25) is 11.8 Å². The van der Waals surface area contributed by atoms with Crippen LogP contribution in [0.25, 0.3) is 0 Å². The molecule has 1 heterocycles. The molecule has 2 aliphatic rings. The Morgan fingerprint density at radius 1 is 1.09 bits per heavy atom. The van der Waals surface area contributed by atoms with Crippen LogP contribution in [0.15, 0.2) is 18.2 Å². The third-order valence-electron chi connectivity index (χ3n) is 3.86. The van der Waals surface area contributed by atoms with Crippen molar-refractivity contribution in [3.63, 3.8) is 0 Å². The van der Waals surface area contributed by atoms with Crippen molar-refractivity contribution in [2.24, 2.45) is 0 Å². The summed E-state index contributed by atoms with van der Waals surface area (Å²) in [5.41, 5.74) is 1.12. The standard InChI is InChI=1S/C17H22N2O4/c20-16(18-11-17(21)19-13-5-6-13)3-1-2-12-4-7-14-15(10-12)23-9-8-22-14/h4,7,10,13H,1-3,5-6,8-9,11H2,(H,18,20)(H,19,21). The van der Waals surface area contributed by atoms with Crippen LogP contribution in [0.4, 0.5) is 0 Å². The molecule has 0 unspecified atom stereocenters. The highest BCUT2D eigenvalue weighted by Crippen LogP contribution is 2.31. The average Bonchev–Trinajstić information content (AvgIpc) is 3.37. The Labute approximate surface area is 135 Å². The van der Waals surface area contributed by atoms with E-state index >= 15 is 0 Å². The van der Waals surface area contributed by atoms with Crippen LogP contribution < -0.4 is 20.1 Å². The third-order valence-corrected chi connectivity index (χ3v) is 3.86. The molecule has 0 radical (unpaired) electrons. The molecule has 0 atom stereocenters. The molecule has 2 N–H and O–H groups in total. The van der Waals surface area contributed by atoms with Gasteiger partial charge in [-0.2, -0.15) is 0 Å². The number of amides is 2. The monoisotopic (exact) mass is 318 g/mol. The van der Waals surface area contributed by atoms with Crippen LogP contribution in [0.3, 0.4) is 0 Å². The molecule has 0 aromatic heterocycles. The predicted octanol–water partition coefficient (Wildman–Crippen LogP) is 1.18. The summed E-state index contributed by atoms with van der Waals surface area (Å²) in [6.45, 7) is 1.22. The normalized spacial score (nSPS) is 15.8. The summed E-state index contributed by atoms with van der Waals surface area (Å²) < 4.78 is 11.0. The van der Waals surface area contributed by atoms with Gasteiger partial charge in [0.25, 0.3) is 0 Å². The van der Waals surface area contributed by atoms with Gasteiger partial charge in [-0.25, -0.2) is 0 Å². The fourth-order valence-corrected chi connectivity index (χ4v) is 2.47. The molecule has 1 aromatic carbocycles. The van der Waals surface area contributed by atoms with E-state index in [1.165, 1.54) is 0 Å². The maximum absolute atomic E-state index is 11.7. The van der Waals surface area contributed by atoms with Gasteiger partial charge in [-0.05, 0) is 43.4 Å². The summed E-state index contributed by atoms with van der Waals surface area (Å²) in [6.07, 6.45) is 4.03. The van der Waals surface area contributed by atoms with E-state index in [4.69, 9.17) is 9.47 Å². The molecule has 23 heavy (non-hydrogen) atoms. The van der Waals surface area contributed by atoms with Crippen LogP contribution in [0.2, 0.25) is 0 Å². The van der Waals surface area contributed by atoms with E-state index in [2.05, 4.69) is 10.6 Å². The van der Waals surface area contributed by atoms with E-state index in [-0.39, 0.29) is 18.4 Å². The zero-order valence-corrected chi connectivity index (χ0v) is 13.1. The molecule has 3 rings (SSSR count). The van der Waals surface area contributed by atoms with Crippen LogP contribution >= 0.6 is 0 Å². The molecule has 0 bridgehead atoms. The van der Waals surface area contributed by atoms with Crippen molar-refractivity contribution >= 4 is 11.8 Å². The molecule has 1 fully saturated rings. The third kappa shape index (κ3) is 4.87. The van der Waals surface area contributed by atoms with Crippen molar-refractivity contribution in [1.82, 2.24) is 10.6 Å². The van der Waals surface area contributed by atoms with Crippen LogP contribution in [0.5, 0.6) is 11.5 Å². The van der Waals surface area contributed by atoms with Gasteiger partial charge in [-0.3, -0.25) is 9.59 Å². The second-order valence-electron chi connectivity index (χ2n) is 5.95. The SMILES string of the molecule is O=C(CCCc1ccc2c(c1)OCCO2)NCC(=O)NC1CC1. The minimum Gasteiger partial charge on any atom is -0.486 e. The Hall–Kier alpha value is -2.24. The summed E-state index contributed by atoms with van der Waals surface area (Å²) in [5, 5.41) is 5.50. The van der Waals surface area contributed by atoms with Crippen molar-refractivity contribution in [3.8, 4) is 11.5 Å². The second-order valence-corrected chi connectivity index (χ2v) is 5.95. The number of rotatable bonds is 7. The van der Waals surface area contributed by atoms with Gasteiger partial charge in [0.05, 0.1) is 6.54 Å². The Kier molecular flexibility index (Phi) is 5.00. The number of carbonyl (C=O) groups is 2. The van der Waals surface area contributed by atoms with Gasteiger partial charge in [-0.15, -0.1) is 0 Å². The molecule has 0 saturated heterocycles. The molecule has 124 valence electrons. The maximum atomic E-state index is 11.7. The largest absolute Gasteiger partial charge is 0.486 e. The average molecular weight is 318 g/mol. The van der Waals surface area contributed by atoms with Crippen LogP contribution in [0, 0.1) is 0 Å². The zero-order chi connectivity index (χ0) is 16.1. The van der Waals surface area contributed by atoms with Gasteiger partial charge in [0.1, 0.15) is 13.2 Å². The summed E-state index contributed by atoms with van der Waals surface area (Å²) >= 11 is 0. The first-order valence-corrected chi connectivity index (χ1v) is 8.15. The molecular weight excluding hydrogens is 296 g/mol. The van der Waals surface area contributed by atoms with Gasteiger partial charge < -0.3 is 20.1 Å². The number of aryl methyl sites for hydroxylation is 1. The van der Waals surface area contributed by atoms with Gasteiger partial charge in [0, 0.05) is 12.5 Å². The lowest BCUT2D eigenvalue weighted by Crippen LogP contribution is -2.37. The first-order chi connectivity index (χ1) is 11.2. The summed E-state index contributed by atoms with van der Waals surface area (Å²) in [4.78, 5) is 23.2. The predicted molar refractivity (Wildman–Crippen MR) is 84.5 cm³/mol. The van der Waals surface area contributed by atoms with E-state index in [1.807, 2.05) is 18.2 Å². The van der Waals surface area contributed by atoms with E-state index in [0.29, 0.717) is 25.7 Å². The van der Waals surface area contributed by atoms with E-state index in [0.717, 1.165) is 42.7 Å². The topological polar surface area (TPSA) is 76.7 Å². The molecule has 1 aliphatic heterocycles. The smallest absolute Gasteiger partial charge is 0.239 e. The van der Waals surface area contributed by atoms with Crippen LogP contribution in [-0.4, -0.2) is 37.6 Å². The number of hydrogen-bond acceptors (Lipinski definition) is 4. The molecule has 0 spiro atoms. The van der Waals surface area contributed by atoms with Crippen LogP contribution in [-0.2, 0) is 16.0 Å². The lowest BCUT2D eigenvalue weighted by Gasteiger charge is -2.18. The number of benzene rings is 1. The Bertz CT molecular complexity index is 584. The number of carbonyl (C=O) groups excluding carboxylic acids is 2. The molecule has 6 heteroatoms. The molecule has 1 saturated carbocycles. The van der Waals surface area contributed by atoms with E-state index in [1.54, 1.807) is 0 Å². The first-order valence-electron chi connectivity index (χ1n) is 8.15. The van der Waals surface area contributed by atoms with Crippen molar-refractivity contribution in [2.45, 2.75) is 38.1 Å². The van der Waals surface area contributed by atoms with Crippen LogP contribution in [0.1, 0.15) is 31.2 Å². The summed E-state index contributed by atoms with van der Waals surface area (Å²) in [5.74, 6) is 1.36. The number of ether oxygens (including phenoxy) is 2. The fraction of sp³-hybridized carbons (Fsp3) is 0.529. The van der Waals surface area contributed by atoms with Crippen molar-refractivity contribution < 1.29 is 19.1 Å². The van der Waals surface area contributed by atoms with E-state index < -0.39 is 0 Å². The number of fused-ring (bicyclic) bond motifs is 1. The molecular formula is C17H22N2O4. The summed E-state index contributed by atoms with van der Waals surface area (Å²) in [7, 11) is 0. The van der Waals surface area contributed by atoms with Gasteiger partial charge in [0.15, 0.2) is 11.5 Å². The van der Waals surface area contributed by atoms with Gasteiger partial charge in [-0.1, -0.05) is 6.07 Å². The van der Waals surface area contributed by atoms with Crippen molar-refractivity contribution in [2.75, 3.05) is 19.8 Å². The lowest BCUT2D eigenvalue weighted by atomic mass is 10.1.